The molecule has 0 radical (unpaired) electrons. The third-order valence-corrected chi connectivity index (χ3v) is 6.29. The Labute approximate surface area is 198 Å². The molecule has 7 nitrogen and oxygen atoms in total. The standard InChI is InChI=1S/C27H29N3O4/c1-15-24(17(3)31)16(2)30-25(15)27(32)29-14-21(19-10-8-12-23(33-4)26(19)34-5)20-13-28-22-11-7-6-9-18(20)22/h6-13,21,28,30H,14H2,1-5H3,(H,29,32)/t21-/m1/s1. The van der Waals surface area contributed by atoms with Gasteiger partial charge in [0.25, 0.3) is 5.91 Å². The van der Waals surface area contributed by atoms with Crippen LogP contribution in [0.4, 0.5) is 0 Å². The largest absolute Gasteiger partial charge is 0.493 e. The van der Waals surface area contributed by atoms with Crippen LogP contribution in [0.2, 0.25) is 0 Å². The van der Waals surface area contributed by atoms with E-state index in [4.69, 9.17) is 9.47 Å². The molecule has 0 bridgehead atoms. The van der Waals surface area contributed by atoms with Crippen LogP contribution in [0.3, 0.4) is 0 Å². The molecule has 1 amide bonds. The van der Waals surface area contributed by atoms with Crippen LogP contribution in [0.25, 0.3) is 10.9 Å². The van der Waals surface area contributed by atoms with Crippen LogP contribution in [-0.4, -0.2) is 42.4 Å². The molecule has 7 heteroatoms. The summed E-state index contributed by atoms with van der Waals surface area (Å²) >= 11 is 0. The molecule has 1 atom stereocenters. The number of methoxy groups -OCH3 is 2. The zero-order valence-electron chi connectivity index (χ0n) is 20.0. The minimum atomic E-state index is -0.264. The number of hydrogen-bond donors (Lipinski definition) is 3. The highest BCUT2D eigenvalue weighted by Crippen LogP contribution is 2.40. The molecular weight excluding hydrogens is 430 g/mol. The van der Waals surface area contributed by atoms with Gasteiger partial charge >= 0.3 is 0 Å². The molecule has 0 unspecified atom stereocenters. The van der Waals surface area contributed by atoms with Crippen LogP contribution in [-0.2, 0) is 0 Å². The van der Waals surface area contributed by atoms with Crippen LogP contribution in [0.1, 0.15) is 56.1 Å². The SMILES string of the molecule is COc1cccc([C@@H](CNC(=O)c2[nH]c(C)c(C(C)=O)c2C)c2c[nH]c3ccccc23)c1OC. The van der Waals surface area contributed by atoms with Crippen molar-refractivity contribution in [3.8, 4) is 11.5 Å². The van der Waals surface area contributed by atoms with Crippen molar-refractivity contribution in [2.75, 3.05) is 20.8 Å². The van der Waals surface area contributed by atoms with E-state index in [1.54, 1.807) is 28.1 Å². The van der Waals surface area contributed by atoms with E-state index >= 15 is 0 Å². The number of ether oxygens (including phenoxy) is 2. The minimum absolute atomic E-state index is 0.0666. The maximum Gasteiger partial charge on any atom is 0.268 e. The van der Waals surface area contributed by atoms with Crippen LogP contribution in [0, 0.1) is 13.8 Å². The molecule has 4 aromatic rings. The van der Waals surface area contributed by atoms with E-state index in [1.807, 2.05) is 42.6 Å². The van der Waals surface area contributed by atoms with Gasteiger partial charge in [0.15, 0.2) is 17.3 Å². The van der Waals surface area contributed by atoms with Crippen molar-refractivity contribution in [1.82, 2.24) is 15.3 Å². The summed E-state index contributed by atoms with van der Waals surface area (Å²) in [5.41, 5.74) is 5.26. The summed E-state index contributed by atoms with van der Waals surface area (Å²) in [6.45, 7) is 5.41. The molecule has 0 spiro atoms. The van der Waals surface area contributed by atoms with Crippen LogP contribution >= 0.6 is 0 Å². The fraction of sp³-hybridized carbons (Fsp3) is 0.259. The van der Waals surface area contributed by atoms with Crippen molar-refractivity contribution in [2.45, 2.75) is 26.7 Å². The Kier molecular flexibility index (Phi) is 6.45. The number of H-pyrrole nitrogens is 2. The highest BCUT2D eigenvalue weighted by Gasteiger charge is 2.26. The first kappa shape index (κ1) is 23.2. The average molecular weight is 460 g/mol. The fourth-order valence-corrected chi connectivity index (χ4v) is 4.74. The number of aromatic nitrogens is 2. The van der Waals surface area contributed by atoms with Gasteiger partial charge in [-0.3, -0.25) is 9.59 Å². The predicted octanol–water partition coefficient (Wildman–Crippen LogP) is 4.89. The number of benzene rings is 2. The highest BCUT2D eigenvalue weighted by molar-refractivity contribution is 6.02. The Morgan fingerprint density at radius 2 is 1.76 bits per heavy atom. The molecule has 0 aliphatic heterocycles. The van der Waals surface area contributed by atoms with Crippen molar-refractivity contribution < 1.29 is 19.1 Å². The van der Waals surface area contributed by atoms with Crippen molar-refractivity contribution in [3.63, 3.8) is 0 Å². The quantitative estimate of drug-likeness (QED) is 0.327. The number of ketones is 1. The molecule has 4 rings (SSSR count). The maximum atomic E-state index is 13.2. The van der Waals surface area contributed by atoms with Crippen molar-refractivity contribution in [3.05, 3.63) is 82.3 Å². The van der Waals surface area contributed by atoms with E-state index in [0.717, 1.165) is 22.0 Å². The summed E-state index contributed by atoms with van der Waals surface area (Å²) in [4.78, 5) is 31.6. The fourth-order valence-electron chi connectivity index (χ4n) is 4.74. The first-order valence-corrected chi connectivity index (χ1v) is 11.1. The zero-order valence-corrected chi connectivity index (χ0v) is 20.0. The van der Waals surface area contributed by atoms with Gasteiger partial charge in [-0.15, -0.1) is 0 Å². The Bertz CT molecular complexity index is 1370. The summed E-state index contributed by atoms with van der Waals surface area (Å²) in [5.74, 6) is 0.704. The first-order valence-electron chi connectivity index (χ1n) is 11.1. The lowest BCUT2D eigenvalue weighted by Crippen LogP contribution is -2.30. The Hall–Kier alpha value is -4.00. The Morgan fingerprint density at radius 3 is 2.44 bits per heavy atom. The second kappa shape index (κ2) is 9.47. The van der Waals surface area contributed by atoms with Gasteiger partial charge in [-0.1, -0.05) is 30.3 Å². The normalized spacial score (nSPS) is 11.9. The molecule has 0 aliphatic rings. The number of aryl methyl sites for hydroxylation is 1. The smallest absolute Gasteiger partial charge is 0.268 e. The highest BCUT2D eigenvalue weighted by atomic mass is 16.5. The number of aromatic amines is 2. The third-order valence-electron chi connectivity index (χ3n) is 6.29. The average Bonchev–Trinajstić information content (AvgIpc) is 3.39. The summed E-state index contributed by atoms with van der Waals surface area (Å²) in [6, 6.07) is 13.8. The van der Waals surface area contributed by atoms with Gasteiger partial charge in [0.05, 0.1) is 14.2 Å². The van der Waals surface area contributed by atoms with Gasteiger partial charge in [0.1, 0.15) is 5.69 Å². The van der Waals surface area contributed by atoms with Crippen molar-refractivity contribution >= 4 is 22.6 Å². The summed E-state index contributed by atoms with van der Waals surface area (Å²) in [5, 5.41) is 4.13. The van der Waals surface area contributed by atoms with E-state index in [0.29, 0.717) is 40.6 Å². The van der Waals surface area contributed by atoms with Crippen LogP contribution in [0.5, 0.6) is 11.5 Å². The van der Waals surface area contributed by atoms with E-state index in [1.165, 1.54) is 6.92 Å². The van der Waals surface area contributed by atoms with Crippen LogP contribution < -0.4 is 14.8 Å². The third kappa shape index (κ3) is 4.05. The zero-order chi connectivity index (χ0) is 24.4. The van der Waals surface area contributed by atoms with E-state index in [2.05, 4.69) is 21.4 Å². The predicted molar refractivity (Wildman–Crippen MR) is 132 cm³/mol. The van der Waals surface area contributed by atoms with Crippen LogP contribution in [0.15, 0.2) is 48.7 Å². The molecule has 0 aliphatic carbocycles. The van der Waals surface area contributed by atoms with E-state index in [9.17, 15) is 9.59 Å². The molecule has 0 fully saturated rings. The van der Waals surface area contributed by atoms with Gasteiger partial charge < -0.3 is 24.8 Å². The lowest BCUT2D eigenvalue weighted by atomic mass is 9.89. The molecule has 2 aromatic carbocycles. The first-order chi connectivity index (χ1) is 16.4. The monoisotopic (exact) mass is 459 g/mol. The molecule has 2 heterocycles. The molecule has 3 N–H and O–H groups in total. The lowest BCUT2D eigenvalue weighted by Gasteiger charge is -2.22. The number of carbonyl (C=O) groups is 2. The molecule has 2 aromatic heterocycles. The van der Waals surface area contributed by atoms with Gasteiger partial charge in [0, 0.05) is 46.4 Å². The number of rotatable bonds is 8. The summed E-state index contributed by atoms with van der Waals surface area (Å²) in [7, 11) is 3.22. The van der Waals surface area contributed by atoms with Gasteiger partial charge in [0.2, 0.25) is 0 Å². The number of amides is 1. The number of hydrogen-bond acceptors (Lipinski definition) is 4. The number of nitrogens with one attached hydrogen (secondary N) is 3. The second-order valence-corrected chi connectivity index (χ2v) is 8.32. The Morgan fingerprint density at radius 1 is 1.00 bits per heavy atom. The second-order valence-electron chi connectivity index (χ2n) is 8.32. The van der Waals surface area contributed by atoms with Gasteiger partial charge in [-0.2, -0.15) is 0 Å². The maximum absolute atomic E-state index is 13.2. The Balaban J connectivity index is 1.74. The van der Waals surface area contributed by atoms with E-state index in [-0.39, 0.29) is 17.6 Å². The number of Topliss-reactive ketones (excluding diaryl/α,β-unsaturated/α-hetero) is 1. The van der Waals surface area contributed by atoms with Gasteiger partial charge in [-0.05, 0) is 44.0 Å². The summed E-state index contributed by atoms with van der Waals surface area (Å²) < 4.78 is 11.2. The van der Waals surface area contributed by atoms with Gasteiger partial charge in [-0.25, -0.2) is 0 Å². The lowest BCUT2D eigenvalue weighted by molar-refractivity contribution is 0.0947. The van der Waals surface area contributed by atoms with Crippen molar-refractivity contribution in [2.24, 2.45) is 0 Å². The minimum Gasteiger partial charge on any atom is -0.493 e. The number of carbonyl (C=O) groups excluding carboxylic acids is 2. The molecular formula is C27H29N3O4. The number of para-hydroxylation sites is 2. The molecule has 176 valence electrons. The number of fused-ring (bicyclic) bond motifs is 1. The molecule has 0 saturated heterocycles. The molecule has 0 saturated carbocycles. The summed E-state index contributed by atoms with van der Waals surface area (Å²) in [6.07, 6.45) is 1.97. The van der Waals surface area contributed by atoms with Crippen molar-refractivity contribution in [1.29, 1.82) is 0 Å². The van der Waals surface area contributed by atoms with E-state index < -0.39 is 0 Å². The topological polar surface area (TPSA) is 96.2 Å². The molecule has 34 heavy (non-hydrogen) atoms.